The smallest absolute Gasteiger partial charge is 0.418 e. The molecule has 0 radical (unpaired) electrons. The zero-order chi connectivity index (χ0) is 13.2. The first kappa shape index (κ1) is 13.3. The summed E-state index contributed by atoms with van der Waals surface area (Å²) >= 11 is 0. The molecule has 0 unspecified atom stereocenters. The fraction of sp³-hybridized carbons (Fsp3) is 0.333. The zero-order valence-corrected chi connectivity index (χ0v) is 8.13. The third-order valence-corrected chi connectivity index (χ3v) is 1.90. The molecule has 0 atom stereocenters. The largest absolute Gasteiger partial charge is 0.481 e. The summed E-state index contributed by atoms with van der Waals surface area (Å²) in [6.07, 6.45) is -8.74. The van der Waals surface area contributed by atoms with E-state index in [1.54, 1.807) is 0 Å². The van der Waals surface area contributed by atoms with Gasteiger partial charge in [-0.05, 0) is 11.6 Å². The minimum atomic E-state index is -5.06. The van der Waals surface area contributed by atoms with E-state index in [0.717, 1.165) is 12.3 Å². The van der Waals surface area contributed by atoms with E-state index >= 15 is 0 Å². The van der Waals surface area contributed by atoms with Crippen molar-refractivity contribution in [2.24, 2.45) is 0 Å². The van der Waals surface area contributed by atoms with Gasteiger partial charge in [-0.1, -0.05) is 0 Å². The first-order valence-corrected chi connectivity index (χ1v) is 4.28. The molecule has 0 spiro atoms. The van der Waals surface area contributed by atoms with E-state index in [-0.39, 0.29) is 0 Å². The van der Waals surface area contributed by atoms with Gasteiger partial charge in [-0.25, -0.2) is 8.78 Å². The van der Waals surface area contributed by atoms with E-state index in [2.05, 4.69) is 4.98 Å². The molecule has 0 aliphatic carbocycles. The van der Waals surface area contributed by atoms with Crippen molar-refractivity contribution in [2.75, 3.05) is 0 Å². The van der Waals surface area contributed by atoms with Gasteiger partial charge in [0.25, 0.3) is 6.43 Å². The standard InChI is InChI=1S/C9H6F5NO2/c10-8(11)7-6(9(12,13)14)4(1-2-15-7)3-5(16)17/h1-2,8H,3H2,(H,16,17). The van der Waals surface area contributed by atoms with Gasteiger partial charge in [-0.2, -0.15) is 13.2 Å². The molecule has 94 valence electrons. The summed E-state index contributed by atoms with van der Waals surface area (Å²) < 4.78 is 62.4. The van der Waals surface area contributed by atoms with E-state index in [1.807, 2.05) is 0 Å². The topological polar surface area (TPSA) is 50.2 Å². The van der Waals surface area contributed by atoms with Gasteiger partial charge in [0.1, 0.15) is 5.69 Å². The van der Waals surface area contributed by atoms with Crippen LogP contribution in [-0.2, 0) is 17.4 Å². The quantitative estimate of drug-likeness (QED) is 0.845. The SMILES string of the molecule is O=C(O)Cc1ccnc(C(F)F)c1C(F)(F)F. The number of carboxylic acid groups (broad SMARTS) is 1. The second kappa shape index (κ2) is 4.64. The molecule has 0 aliphatic rings. The Balaban J connectivity index is 3.40. The number of aliphatic carboxylic acids is 1. The van der Waals surface area contributed by atoms with Crippen molar-refractivity contribution in [3.8, 4) is 0 Å². The summed E-state index contributed by atoms with van der Waals surface area (Å²) in [6.45, 7) is 0. The number of rotatable bonds is 3. The van der Waals surface area contributed by atoms with Crippen LogP contribution in [0, 0.1) is 0 Å². The van der Waals surface area contributed by atoms with Crippen LogP contribution in [0.1, 0.15) is 23.2 Å². The fourth-order valence-corrected chi connectivity index (χ4v) is 1.32. The summed E-state index contributed by atoms with van der Waals surface area (Å²) in [5.74, 6) is -1.54. The highest BCUT2D eigenvalue weighted by Crippen LogP contribution is 2.37. The Kier molecular flexibility index (Phi) is 3.64. The van der Waals surface area contributed by atoms with Crippen molar-refractivity contribution in [3.63, 3.8) is 0 Å². The average Bonchev–Trinajstić information content (AvgIpc) is 2.14. The molecule has 1 rings (SSSR count). The maximum atomic E-state index is 12.6. The molecule has 1 heterocycles. The predicted octanol–water partition coefficient (Wildman–Crippen LogP) is 2.67. The number of aromatic nitrogens is 1. The Labute approximate surface area is 91.9 Å². The molecule has 1 aromatic heterocycles. The lowest BCUT2D eigenvalue weighted by Crippen LogP contribution is -2.16. The van der Waals surface area contributed by atoms with Crippen molar-refractivity contribution in [3.05, 3.63) is 29.1 Å². The summed E-state index contributed by atoms with van der Waals surface area (Å²) in [4.78, 5) is 13.3. The Morgan fingerprint density at radius 1 is 1.41 bits per heavy atom. The summed E-state index contributed by atoms with van der Waals surface area (Å²) in [5, 5.41) is 8.41. The van der Waals surface area contributed by atoms with Crippen LogP contribution >= 0.6 is 0 Å². The molecule has 0 saturated carbocycles. The van der Waals surface area contributed by atoms with Gasteiger partial charge in [0.2, 0.25) is 0 Å². The number of carbonyl (C=O) groups is 1. The first-order valence-electron chi connectivity index (χ1n) is 4.28. The third kappa shape index (κ3) is 3.11. The van der Waals surface area contributed by atoms with E-state index in [9.17, 15) is 26.7 Å². The van der Waals surface area contributed by atoms with E-state index < -0.39 is 41.8 Å². The minimum Gasteiger partial charge on any atom is -0.481 e. The number of nitrogens with zero attached hydrogens (tertiary/aromatic N) is 1. The lowest BCUT2D eigenvalue weighted by Gasteiger charge is -2.15. The molecule has 0 amide bonds. The number of hydrogen-bond acceptors (Lipinski definition) is 2. The summed E-state index contributed by atoms with van der Waals surface area (Å²) in [5.41, 5.74) is -3.84. The van der Waals surface area contributed by atoms with Crippen LogP contribution in [0.25, 0.3) is 0 Å². The van der Waals surface area contributed by atoms with Gasteiger partial charge >= 0.3 is 12.1 Å². The van der Waals surface area contributed by atoms with Crippen molar-refractivity contribution < 1.29 is 31.9 Å². The van der Waals surface area contributed by atoms with Gasteiger partial charge < -0.3 is 5.11 Å². The molecule has 0 fully saturated rings. The molecule has 8 heteroatoms. The third-order valence-electron chi connectivity index (χ3n) is 1.90. The highest BCUT2D eigenvalue weighted by molar-refractivity contribution is 5.71. The molecule has 0 bridgehead atoms. The van der Waals surface area contributed by atoms with Crippen molar-refractivity contribution in [2.45, 2.75) is 19.0 Å². The molecule has 0 saturated heterocycles. The van der Waals surface area contributed by atoms with Gasteiger partial charge in [0.05, 0.1) is 12.0 Å². The number of hydrogen-bond donors (Lipinski definition) is 1. The maximum absolute atomic E-state index is 12.6. The molecule has 0 aliphatic heterocycles. The Bertz CT molecular complexity index is 430. The van der Waals surface area contributed by atoms with Crippen LogP contribution in [0.5, 0.6) is 0 Å². The zero-order valence-electron chi connectivity index (χ0n) is 8.13. The fourth-order valence-electron chi connectivity index (χ4n) is 1.32. The van der Waals surface area contributed by atoms with Crippen molar-refractivity contribution in [1.29, 1.82) is 0 Å². The molecule has 0 aromatic carbocycles. The predicted molar refractivity (Wildman–Crippen MR) is 45.5 cm³/mol. The lowest BCUT2D eigenvalue weighted by molar-refractivity contribution is -0.141. The van der Waals surface area contributed by atoms with Crippen molar-refractivity contribution >= 4 is 5.97 Å². The van der Waals surface area contributed by atoms with Crippen LogP contribution < -0.4 is 0 Å². The number of pyridine rings is 1. The molecular formula is C9H6F5NO2. The number of halogens is 5. The van der Waals surface area contributed by atoms with Crippen molar-refractivity contribution in [1.82, 2.24) is 4.98 Å². The number of carboxylic acids is 1. The lowest BCUT2D eigenvalue weighted by atomic mass is 10.0. The molecule has 1 aromatic rings. The van der Waals surface area contributed by atoms with Crippen LogP contribution in [0.2, 0.25) is 0 Å². The Morgan fingerprint density at radius 3 is 2.41 bits per heavy atom. The number of alkyl halides is 5. The van der Waals surface area contributed by atoms with Gasteiger partial charge in [-0.15, -0.1) is 0 Å². The van der Waals surface area contributed by atoms with Crippen LogP contribution in [0.4, 0.5) is 22.0 Å². The Hall–Kier alpha value is -1.73. The first-order chi connectivity index (χ1) is 7.73. The van der Waals surface area contributed by atoms with E-state index in [0.29, 0.717) is 0 Å². The molecule has 1 N–H and O–H groups in total. The van der Waals surface area contributed by atoms with Crippen LogP contribution in [0.15, 0.2) is 12.3 Å². The molecular weight excluding hydrogens is 249 g/mol. The second-order valence-electron chi connectivity index (χ2n) is 3.10. The highest BCUT2D eigenvalue weighted by atomic mass is 19.4. The maximum Gasteiger partial charge on any atom is 0.418 e. The van der Waals surface area contributed by atoms with Gasteiger partial charge in [0, 0.05) is 6.20 Å². The van der Waals surface area contributed by atoms with Gasteiger partial charge in [0.15, 0.2) is 0 Å². The second-order valence-corrected chi connectivity index (χ2v) is 3.10. The van der Waals surface area contributed by atoms with Crippen LogP contribution in [-0.4, -0.2) is 16.1 Å². The average molecular weight is 255 g/mol. The van der Waals surface area contributed by atoms with E-state index in [1.165, 1.54) is 0 Å². The monoisotopic (exact) mass is 255 g/mol. The minimum absolute atomic E-state index is 0.727. The summed E-state index contributed by atoms with van der Waals surface area (Å²) in [6, 6.07) is 0.767. The molecule has 17 heavy (non-hydrogen) atoms. The summed E-state index contributed by atoms with van der Waals surface area (Å²) in [7, 11) is 0. The van der Waals surface area contributed by atoms with E-state index in [4.69, 9.17) is 5.11 Å². The normalized spacial score (nSPS) is 11.9. The van der Waals surface area contributed by atoms with Gasteiger partial charge in [-0.3, -0.25) is 9.78 Å². The molecule has 3 nitrogen and oxygen atoms in total. The Morgan fingerprint density at radius 2 is 2.00 bits per heavy atom. The van der Waals surface area contributed by atoms with Crippen LogP contribution in [0.3, 0.4) is 0 Å². The highest BCUT2D eigenvalue weighted by Gasteiger charge is 2.39.